The van der Waals surface area contributed by atoms with E-state index in [0.29, 0.717) is 25.7 Å². The van der Waals surface area contributed by atoms with Crippen LogP contribution < -0.4 is 0 Å². The van der Waals surface area contributed by atoms with Gasteiger partial charge in [0.05, 0.1) is 0 Å². The second-order valence-electron chi connectivity index (χ2n) is 19.6. The van der Waals surface area contributed by atoms with E-state index in [9.17, 15) is 66.1 Å². The summed E-state index contributed by atoms with van der Waals surface area (Å²) in [5.74, 6) is -12.9. The van der Waals surface area contributed by atoms with Crippen molar-refractivity contribution < 1.29 is 66.1 Å². The molecule has 420 valence electrons. The van der Waals surface area contributed by atoms with Gasteiger partial charge in [-0.1, -0.05) is 53.4 Å². The molecule has 0 amide bonds. The van der Waals surface area contributed by atoms with E-state index in [0.717, 1.165) is 0 Å². The number of ketones is 1. The average molecular weight is 1090 g/mol. The Hall–Kier alpha value is -9.25. The minimum Gasteiger partial charge on any atom is -0.504 e. The Morgan fingerprint density at radius 1 is 0.300 bits per heavy atom. The number of aromatic hydroxyl groups is 12. The van der Waals surface area contributed by atoms with E-state index in [4.69, 9.17) is 0 Å². The van der Waals surface area contributed by atoms with Crippen molar-refractivity contribution in [2.24, 2.45) is 0 Å². The lowest BCUT2D eigenvalue weighted by atomic mass is 9.76. The van der Waals surface area contributed by atoms with Crippen molar-refractivity contribution >= 4 is 5.78 Å². The number of hydrogen-bond donors (Lipinski definition) is 12. The van der Waals surface area contributed by atoms with Crippen molar-refractivity contribution in [2.75, 3.05) is 0 Å². The van der Waals surface area contributed by atoms with Crippen molar-refractivity contribution in [1.82, 2.24) is 19.9 Å². The van der Waals surface area contributed by atoms with Crippen LogP contribution in [0.1, 0.15) is 161 Å². The molecule has 4 aromatic heterocycles. The third-order valence-corrected chi connectivity index (χ3v) is 13.9. The first-order valence-corrected chi connectivity index (χ1v) is 26.5. The first-order valence-electron chi connectivity index (χ1n) is 26.5. The molecular weight excluding hydrogens is 1020 g/mol. The van der Waals surface area contributed by atoms with Crippen LogP contribution in [0, 0.1) is 0 Å². The normalized spacial score (nSPS) is 15.2. The quantitative estimate of drug-likeness (QED) is 0.0566. The molecule has 0 fully saturated rings. The van der Waals surface area contributed by atoms with Gasteiger partial charge >= 0.3 is 0 Å². The second kappa shape index (κ2) is 27.4. The van der Waals surface area contributed by atoms with Crippen molar-refractivity contribution in [2.45, 2.75) is 117 Å². The molecule has 1 aliphatic rings. The zero-order chi connectivity index (χ0) is 58.4. The summed E-state index contributed by atoms with van der Waals surface area (Å²) in [6, 6.07) is 21.6. The van der Waals surface area contributed by atoms with Crippen LogP contribution in [0.25, 0.3) is 22.3 Å². The molecule has 0 saturated carbocycles. The second-order valence-corrected chi connectivity index (χ2v) is 19.6. The minimum atomic E-state index is -0.971. The standard InChI is InChI=1S/C40H48O12.2C10H8N2.C3H6O/c1-5-9-17-21-13-23(31(43)37(49)29(21)41)18(10-6-2)25-15-27(35(47)39(51)33(25)45)20(12-8-4)28-16-26(34(46)40(52)36(28)48)19(11-7-3)24-14-22(17)30(42)38(50)32(24)44;2*1-5-11-6-2-9(1)10-3-7-12-8-4-10;1-3(2)4/h13-20,41-52H,5-12H2,1-4H3;2*1-8H;1-2H3. The predicted molar refractivity (Wildman–Crippen MR) is 304 cm³/mol. The number of phenolic OH excluding ortho intramolecular Hbond substituents is 12. The first kappa shape index (κ1) is 60.0. The first-order chi connectivity index (χ1) is 38.3. The van der Waals surface area contributed by atoms with Crippen molar-refractivity contribution in [1.29, 1.82) is 0 Å². The fourth-order valence-corrected chi connectivity index (χ4v) is 10.1. The molecule has 0 saturated heterocycles. The number of benzene rings is 4. The number of pyridine rings is 4. The highest BCUT2D eigenvalue weighted by molar-refractivity contribution is 5.72. The van der Waals surface area contributed by atoms with Crippen LogP contribution in [0.3, 0.4) is 0 Å². The summed E-state index contributed by atoms with van der Waals surface area (Å²) < 4.78 is 0. The van der Waals surface area contributed by atoms with Gasteiger partial charge in [0.2, 0.25) is 23.0 Å². The van der Waals surface area contributed by atoms with Gasteiger partial charge in [-0.05, 0) is 135 Å². The third-order valence-electron chi connectivity index (χ3n) is 13.9. The van der Waals surface area contributed by atoms with Crippen LogP contribution in [0.2, 0.25) is 0 Å². The molecule has 80 heavy (non-hydrogen) atoms. The van der Waals surface area contributed by atoms with Crippen LogP contribution in [0.5, 0.6) is 69.0 Å². The highest BCUT2D eigenvalue weighted by Gasteiger charge is 2.37. The predicted octanol–water partition coefficient (Wildman–Crippen LogP) is 13.1. The number of Topliss-reactive ketones (excluding diaryl/α,β-unsaturated/α-hetero) is 1. The van der Waals surface area contributed by atoms with E-state index in [-0.39, 0.29) is 76.0 Å². The van der Waals surface area contributed by atoms with Crippen molar-refractivity contribution in [3.05, 3.63) is 167 Å². The monoisotopic (exact) mass is 1090 g/mol. The summed E-state index contributed by atoms with van der Waals surface area (Å²) in [7, 11) is 0. The number of fused-ring (bicyclic) bond motifs is 8. The number of rotatable bonds is 10. The largest absolute Gasteiger partial charge is 0.504 e. The van der Waals surface area contributed by atoms with Gasteiger partial charge in [-0.15, -0.1) is 0 Å². The number of carbonyl (C=O) groups excluding carboxylic acids is 1. The lowest BCUT2D eigenvalue weighted by Crippen LogP contribution is -2.11. The Morgan fingerprint density at radius 3 is 0.562 bits per heavy atom. The molecule has 12 N–H and O–H groups in total. The van der Waals surface area contributed by atoms with Gasteiger partial charge in [0.15, 0.2) is 46.0 Å². The molecule has 8 bridgehead atoms. The Labute approximate surface area is 464 Å². The van der Waals surface area contributed by atoms with Crippen LogP contribution in [-0.2, 0) is 4.79 Å². The number of nitrogens with zero attached hydrogens (tertiary/aromatic N) is 4. The third kappa shape index (κ3) is 13.2. The molecule has 8 aromatic rings. The molecular formula is C63H70N4O13. The van der Waals surface area contributed by atoms with Crippen LogP contribution >= 0.6 is 0 Å². The van der Waals surface area contributed by atoms with Crippen LogP contribution in [0.4, 0.5) is 0 Å². The fraction of sp³-hybridized carbons (Fsp3) is 0.286. The highest BCUT2D eigenvalue weighted by Crippen LogP contribution is 2.58. The van der Waals surface area contributed by atoms with Gasteiger partial charge in [0, 0.05) is 118 Å². The number of aromatic nitrogens is 4. The van der Waals surface area contributed by atoms with E-state index < -0.39 is 92.7 Å². The SMILES string of the molecule is CC(C)=O.CCCC1c2cc(c(O)c(O)c2O)C(CCC)c2cc(c(O)c(O)c2O)C(CCC)c2cc(c(O)c(O)c2O)C(CCC)c2cc1c(O)c(O)c2O.c1cc(-c2ccncc2)ccn1.c1cc(-c2ccncc2)ccn1. The summed E-state index contributed by atoms with van der Waals surface area (Å²) >= 11 is 0. The van der Waals surface area contributed by atoms with Gasteiger partial charge in [-0.2, -0.15) is 0 Å². The van der Waals surface area contributed by atoms with E-state index in [1.807, 2.05) is 76.2 Å². The Kier molecular flexibility index (Phi) is 20.5. The van der Waals surface area contributed by atoms with Gasteiger partial charge in [0.25, 0.3) is 0 Å². The molecule has 0 radical (unpaired) electrons. The molecule has 17 heteroatoms. The molecule has 0 unspecified atom stereocenters. The Morgan fingerprint density at radius 2 is 0.438 bits per heavy atom. The van der Waals surface area contributed by atoms with Gasteiger partial charge < -0.3 is 66.1 Å². The van der Waals surface area contributed by atoms with Crippen LogP contribution in [-0.4, -0.2) is 87.0 Å². The summed E-state index contributed by atoms with van der Waals surface area (Å²) in [4.78, 5) is 25.3. The average Bonchev–Trinajstić information content (AvgIpc) is 3.57. The lowest BCUT2D eigenvalue weighted by Gasteiger charge is -2.29. The summed E-state index contributed by atoms with van der Waals surface area (Å²) in [5, 5.41) is 136. The van der Waals surface area contributed by atoms with E-state index in [1.54, 1.807) is 49.6 Å². The number of hydrogen-bond acceptors (Lipinski definition) is 17. The van der Waals surface area contributed by atoms with E-state index >= 15 is 0 Å². The van der Waals surface area contributed by atoms with Gasteiger partial charge in [0.1, 0.15) is 5.78 Å². The van der Waals surface area contributed by atoms with Crippen molar-refractivity contribution in [3.63, 3.8) is 0 Å². The molecule has 17 nitrogen and oxygen atoms in total. The van der Waals surface area contributed by atoms with E-state index in [2.05, 4.69) is 19.9 Å². The topological polar surface area (TPSA) is 311 Å². The molecule has 4 aromatic carbocycles. The smallest absolute Gasteiger partial charge is 0.200 e. The van der Waals surface area contributed by atoms with Crippen molar-refractivity contribution in [3.8, 4) is 91.2 Å². The minimum absolute atomic E-state index is 0.0395. The Bertz CT molecular complexity index is 2810. The molecule has 1 aliphatic carbocycles. The zero-order valence-electron chi connectivity index (χ0n) is 45.6. The zero-order valence-corrected chi connectivity index (χ0v) is 45.6. The molecule has 4 heterocycles. The molecule has 0 spiro atoms. The molecule has 0 aliphatic heterocycles. The van der Waals surface area contributed by atoms with E-state index in [1.165, 1.54) is 60.4 Å². The van der Waals surface area contributed by atoms with Gasteiger partial charge in [-0.3, -0.25) is 19.9 Å². The molecule has 0 atom stereocenters. The maximum absolute atomic E-state index is 11.4. The highest BCUT2D eigenvalue weighted by atomic mass is 16.3. The maximum Gasteiger partial charge on any atom is 0.200 e. The fourth-order valence-electron chi connectivity index (χ4n) is 10.1. The maximum atomic E-state index is 11.4. The Balaban J connectivity index is 0.000000294. The summed E-state index contributed by atoms with van der Waals surface area (Å²) in [5.41, 5.74) is 5.01. The molecule has 9 rings (SSSR count). The number of phenols is 12. The summed E-state index contributed by atoms with van der Waals surface area (Å²) in [6.07, 6.45) is 17.0. The lowest BCUT2D eigenvalue weighted by molar-refractivity contribution is -0.115. The number of carbonyl (C=O) groups is 1. The van der Waals surface area contributed by atoms with Gasteiger partial charge in [-0.25, -0.2) is 0 Å². The van der Waals surface area contributed by atoms with Crippen LogP contribution in [0.15, 0.2) is 122 Å². The summed E-state index contributed by atoms with van der Waals surface area (Å²) in [6.45, 7) is 10.4.